The van der Waals surface area contributed by atoms with Gasteiger partial charge in [-0.3, -0.25) is 14.6 Å². The number of anilines is 1. The molecule has 0 fully saturated rings. The quantitative estimate of drug-likeness (QED) is 0.112. The minimum Gasteiger partial charge on any atom is -0.481 e. The molecule has 2 N–H and O–H groups in total. The Morgan fingerprint density at radius 1 is 1.09 bits per heavy atom. The number of carbonyl (C=O) groups is 2. The number of nitrogens with one attached hydrogen (secondary N) is 1. The summed E-state index contributed by atoms with van der Waals surface area (Å²) in [6.07, 6.45) is 6.42. The number of unbranched alkanes of at least 4 members (excludes halogenated alkanes) is 2. The third-order valence-electron chi connectivity index (χ3n) is 9.05. The Bertz CT molecular complexity index is 1740. The summed E-state index contributed by atoms with van der Waals surface area (Å²) in [6, 6.07) is 22.0. The van der Waals surface area contributed by atoms with Crippen molar-refractivity contribution in [2.45, 2.75) is 57.8 Å². The van der Waals surface area contributed by atoms with Crippen LogP contribution in [0.25, 0.3) is 16.5 Å². The number of hydrogen-bond acceptors (Lipinski definition) is 3. The number of allylic oxidation sites excluding steroid dienone is 1. The smallest absolute Gasteiger partial charge is 0.311 e. The molecule has 0 radical (unpaired) electrons. The average Bonchev–Trinajstić information content (AvgIpc) is 3.31. The van der Waals surface area contributed by atoms with Crippen molar-refractivity contribution in [3.8, 4) is 0 Å². The molecular formula is C37H39Cl2N3O3. The molecule has 3 aromatic carbocycles. The highest BCUT2D eigenvalue weighted by Crippen LogP contribution is 2.48. The van der Waals surface area contributed by atoms with E-state index in [-0.39, 0.29) is 11.8 Å². The molecule has 5 rings (SSSR count). The van der Waals surface area contributed by atoms with E-state index in [1.165, 1.54) is 5.56 Å². The van der Waals surface area contributed by atoms with Gasteiger partial charge in [0, 0.05) is 52.3 Å². The number of halogens is 2. The fourth-order valence-corrected chi connectivity index (χ4v) is 7.16. The minimum absolute atomic E-state index is 0.0172. The minimum atomic E-state index is -0.906. The van der Waals surface area contributed by atoms with Crippen molar-refractivity contribution < 1.29 is 14.7 Å². The maximum absolute atomic E-state index is 12.7. The largest absolute Gasteiger partial charge is 0.481 e. The number of fused-ring (bicyclic) bond motifs is 1. The molecule has 1 aromatic heterocycles. The Balaban J connectivity index is 1.80. The second-order valence-electron chi connectivity index (χ2n) is 11.8. The standard InChI is InChI=1S/C37H39Cl2N3O3/c1-4-5-7-12-29(37(44)45)33-31(39)18-17-28-34(36(41-22-43)42(3)35(28)33)32-26(19-24-13-15-27(38)16-14-24)20-40-21-30(32)23(2)25-10-8-6-9-11-25/h6,8-11,13-18,20,22-23,29-30H,4-5,7,12,19,21H2,1-3H3,(H,41,43)(H,44,45). The van der Waals surface area contributed by atoms with Crippen LogP contribution in [0.4, 0.5) is 5.82 Å². The first-order chi connectivity index (χ1) is 21.8. The number of amides is 1. The number of aliphatic imine (C=N–C) groups is 1. The highest BCUT2D eigenvalue weighted by Gasteiger charge is 2.35. The Hall–Kier alpha value is -3.87. The molecule has 1 aliphatic heterocycles. The molecule has 1 amide bonds. The SMILES string of the molecule is CCCCCC(C(=O)O)c1c(Cl)ccc2c(C3=C(Cc4ccc(Cl)cc4)C=NCC3C(C)c3ccccc3)c(NC=O)n(C)c12. The first-order valence-corrected chi connectivity index (χ1v) is 16.3. The highest BCUT2D eigenvalue weighted by molar-refractivity contribution is 6.33. The maximum atomic E-state index is 12.7. The molecule has 0 saturated heterocycles. The molecule has 3 atom stereocenters. The predicted octanol–water partition coefficient (Wildman–Crippen LogP) is 9.30. The van der Waals surface area contributed by atoms with Gasteiger partial charge < -0.3 is 15.0 Å². The Morgan fingerprint density at radius 2 is 1.82 bits per heavy atom. The molecule has 0 aliphatic carbocycles. The summed E-state index contributed by atoms with van der Waals surface area (Å²) < 4.78 is 1.90. The van der Waals surface area contributed by atoms with Crippen molar-refractivity contribution in [3.63, 3.8) is 0 Å². The van der Waals surface area contributed by atoms with Gasteiger partial charge in [-0.25, -0.2) is 0 Å². The van der Waals surface area contributed by atoms with Gasteiger partial charge in [-0.1, -0.05) is 105 Å². The van der Waals surface area contributed by atoms with Crippen molar-refractivity contribution in [2.24, 2.45) is 18.0 Å². The molecule has 0 saturated carbocycles. The summed E-state index contributed by atoms with van der Waals surface area (Å²) in [4.78, 5) is 29.7. The number of carboxylic acids is 1. The van der Waals surface area contributed by atoms with Crippen molar-refractivity contribution in [3.05, 3.63) is 105 Å². The normalized spacial score (nSPS) is 16.2. The van der Waals surface area contributed by atoms with Gasteiger partial charge in [-0.2, -0.15) is 0 Å². The Labute approximate surface area is 274 Å². The van der Waals surface area contributed by atoms with Gasteiger partial charge in [0.1, 0.15) is 5.82 Å². The summed E-state index contributed by atoms with van der Waals surface area (Å²) in [6.45, 7) is 4.89. The monoisotopic (exact) mass is 643 g/mol. The Morgan fingerprint density at radius 3 is 2.49 bits per heavy atom. The van der Waals surface area contributed by atoms with E-state index in [4.69, 9.17) is 28.2 Å². The number of aryl methyl sites for hydroxylation is 1. The lowest BCUT2D eigenvalue weighted by Crippen LogP contribution is -2.22. The zero-order valence-electron chi connectivity index (χ0n) is 25.9. The molecule has 45 heavy (non-hydrogen) atoms. The van der Waals surface area contributed by atoms with Gasteiger partial charge in [0.2, 0.25) is 6.41 Å². The van der Waals surface area contributed by atoms with Crippen molar-refractivity contribution in [1.29, 1.82) is 0 Å². The van der Waals surface area contributed by atoms with E-state index < -0.39 is 11.9 Å². The van der Waals surface area contributed by atoms with Gasteiger partial charge in [0.05, 0.1) is 11.4 Å². The first kappa shape index (κ1) is 32.5. The molecule has 0 bridgehead atoms. The highest BCUT2D eigenvalue weighted by atomic mass is 35.5. The zero-order chi connectivity index (χ0) is 32.1. The van der Waals surface area contributed by atoms with E-state index >= 15 is 0 Å². The topological polar surface area (TPSA) is 83.7 Å². The van der Waals surface area contributed by atoms with Crippen LogP contribution in [0.5, 0.6) is 0 Å². The van der Waals surface area contributed by atoms with Crippen LogP contribution in [0.2, 0.25) is 10.0 Å². The van der Waals surface area contributed by atoms with Crippen molar-refractivity contribution in [1.82, 2.24) is 4.57 Å². The molecular weight excluding hydrogens is 605 g/mol. The third-order valence-corrected chi connectivity index (χ3v) is 9.63. The van der Waals surface area contributed by atoms with Crippen molar-refractivity contribution >= 4 is 64.1 Å². The number of carbonyl (C=O) groups excluding carboxylic acids is 1. The molecule has 234 valence electrons. The molecule has 1 aliphatic rings. The summed E-state index contributed by atoms with van der Waals surface area (Å²) in [7, 11) is 1.87. The van der Waals surface area contributed by atoms with Crippen LogP contribution in [0.15, 0.2) is 77.3 Å². The maximum Gasteiger partial charge on any atom is 0.311 e. The molecule has 8 heteroatoms. The van der Waals surface area contributed by atoms with E-state index in [2.05, 4.69) is 31.3 Å². The summed E-state index contributed by atoms with van der Waals surface area (Å²) in [5.41, 5.74) is 6.57. The Kier molecular flexibility index (Phi) is 10.5. The second-order valence-corrected chi connectivity index (χ2v) is 12.7. The van der Waals surface area contributed by atoms with E-state index in [0.717, 1.165) is 52.4 Å². The lowest BCUT2D eigenvalue weighted by Gasteiger charge is -2.31. The van der Waals surface area contributed by atoms with Gasteiger partial charge in [-0.05, 0) is 59.2 Å². The zero-order valence-corrected chi connectivity index (χ0v) is 27.4. The summed E-state index contributed by atoms with van der Waals surface area (Å²) >= 11 is 13.1. The first-order valence-electron chi connectivity index (χ1n) is 15.5. The number of nitrogens with zero attached hydrogens (tertiary/aromatic N) is 2. The number of rotatable bonds is 13. The molecule has 2 heterocycles. The third kappa shape index (κ3) is 6.73. The predicted molar refractivity (Wildman–Crippen MR) is 186 cm³/mol. The van der Waals surface area contributed by atoms with Gasteiger partial charge in [0.15, 0.2) is 0 Å². The molecule has 3 unspecified atom stereocenters. The molecule has 0 spiro atoms. The number of aliphatic carboxylic acids is 1. The summed E-state index contributed by atoms with van der Waals surface area (Å²) in [5, 5.41) is 15.3. The van der Waals surface area contributed by atoms with Crippen molar-refractivity contribution in [2.75, 3.05) is 11.9 Å². The van der Waals surface area contributed by atoms with E-state index in [9.17, 15) is 14.7 Å². The summed E-state index contributed by atoms with van der Waals surface area (Å²) in [5.74, 6) is -1.00. The molecule has 4 aromatic rings. The van der Waals surface area contributed by atoms with E-state index in [1.54, 1.807) is 6.07 Å². The van der Waals surface area contributed by atoms with Crippen LogP contribution in [0.1, 0.15) is 73.6 Å². The van der Waals surface area contributed by atoms with Crippen LogP contribution in [0, 0.1) is 5.92 Å². The number of dihydropyridines is 1. The van der Waals surface area contributed by atoms with Gasteiger partial charge >= 0.3 is 5.97 Å². The van der Waals surface area contributed by atoms with Crippen LogP contribution >= 0.6 is 23.2 Å². The number of aromatic nitrogens is 1. The van der Waals surface area contributed by atoms with E-state index in [0.29, 0.717) is 47.2 Å². The lowest BCUT2D eigenvalue weighted by molar-refractivity contribution is -0.139. The molecule has 6 nitrogen and oxygen atoms in total. The van der Waals surface area contributed by atoms with Crippen LogP contribution in [0.3, 0.4) is 0 Å². The fourth-order valence-electron chi connectivity index (χ4n) is 6.75. The number of hydrogen-bond donors (Lipinski definition) is 2. The second kappa shape index (κ2) is 14.5. The average molecular weight is 645 g/mol. The van der Waals surface area contributed by atoms with Crippen LogP contribution in [-0.4, -0.2) is 34.8 Å². The van der Waals surface area contributed by atoms with Gasteiger partial charge in [-0.15, -0.1) is 0 Å². The lowest BCUT2D eigenvalue weighted by atomic mass is 9.75. The number of benzene rings is 3. The van der Waals surface area contributed by atoms with E-state index in [1.807, 2.05) is 66.4 Å². The van der Waals surface area contributed by atoms with Crippen LogP contribution < -0.4 is 5.32 Å². The van der Waals surface area contributed by atoms with Gasteiger partial charge in [0.25, 0.3) is 0 Å². The van der Waals surface area contributed by atoms with Crippen LogP contribution in [-0.2, 0) is 23.1 Å². The number of carboxylic acid groups (broad SMARTS) is 1. The fraction of sp³-hybridized carbons (Fsp3) is 0.324.